The summed E-state index contributed by atoms with van der Waals surface area (Å²) in [6.45, 7) is 2.59. The number of rotatable bonds is 7. The first-order valence-electron chi connectivity index (χ1n) is 8.29. The number of nitrogens with zero attached hydrogens (tertiary/aromatic N) is 3. The van der Waals surface area contributed by atoms with Crippen molar-refractivity contribution in [3.63, 3.8) is 0 Å². The molecule has 3 aromatic rings. The molecule has 0 atom stereocenters. The van der Waals surface area contributed by atoms with Gasteiger partial charge in [0.15, 0.2) is 5.16 Å². The van der Waals surface area contributed by atoms with Gasteiger partial charge in [-0.1, -0.05) is 60.6 Å². The Labute approximate surface area is 161 Å². The number of nitrogens with one attached hydrogen (secondary N) is 1. The van der Waals surface area contributed by atoms with Crippen LogP contribution in [0.4, 0.5) is 0 Å². The Morgan fingerprint density at radius 2 is 1.96 bits per heavy atom. The number of aromatic nitrogens is 3. The highest BCUT2D eigenvalue weighted by Crippen LogP contribution is 2.22. The molecule has 1 N–H and O–H groups in total. The molecule has 0 unspecified atom stereocenters. The fourth-order valence-electron chi connectivity index (χ4n) is 2.52. The maximum absolute atomic E-state index is 12.1. The molecule has 0 fully saturated rings. The molecule has 2 aromatic carbocycles. The number of halogens is 1. The van der Waals surface area contributed by atoms with Crippen molar-refractivity contribution in [2.45, 2.75) is 25.0 Å². The van der Waals surface area contributed by atoms with Crippen LogP contribution in [0.15, 0.2) is 60.0 Å². The summed E-state index contributed by atoms with van der Waals surface area (Å²) in [6.07, 6.45) is 2.60. The van der Waals surface area contributed by atoms with Crippen LogP contribution in [0.5, 0.6) is 0 Å². The lowest BCUT2D eigenvalue weighted by Gasteiger charge is -2.10. The standard InChI is InChI=1S/C19H19ClN4OS/c1-2-15-5-3-4-6-17(15)24-13-22-23-19(24)26-12-18(25)21-11-14-7-9-16(20)10-8-14/h3-10,13H,2,11-12H2,1H3,(H,21,25). The maximum atomic E-state index is 12.1. The second-order valence-corrected chi connectivity index (χ2v) is 7.04. The number of amides is 1. The Hall–Kier alpha value is -2.31. The Kier molecular flexibility index (Phi) is 6.30. The molecule has 0 aliphatic heterocycles. The van der Waals surface area contributed by atoms with Gasteiger partial charge in [0.25, 0.3) is 0 Å². The zero-order valence-corrected chi connectivity index (χ0v) is 15.9. The van der Waals surface area contributed by atoms with E-state index in [-0.39, 0.29) is 11.7 Å². The summed E-state index contributed by atoms with van der Waals surface area (Å²) in [5, 5.41) is 12.4. The van der Waals surface area contributed by atoms with Crippen LogP contribution < -0.4 is 5.32 Å². The Morgan fingerprint density at radius 3 is 2.73 bits per heavy atom. The number of thioether (sulfide) groups is 1. The quantitative estimate of drug-likeness (QED) is 0.626. The molecular formula is C19H19ClN4OS. The molecule has 0 aliphatic carbocycles. The number of benzene rings is 2. The van der Waals surface area contributed by atoms with Crippen molar-refractivity contribution in [3.05, 3.63) is 71.0 Å². The lowest BCUT2D eigenvalue weighted by molar-refractivity contribution is -0.118. The summed E-state index contributed by atoms with van der Waals surface area (Å²) in [7, 11) is 0. The van der Waals surface area contributed by atoms with Gasteiger partial charge >= 0.3 is 0 Å². The Bertz CT molecular complexity index is 879. The van der Waals surface area contributed by atoms with Crippen LogP contribution in [-0.4, -0.2) is 26.4 Å². The first-order valence-corrected chi connectivity index (χ1v) is 9.66. The van der Waals surface area contributed by atoms with E-state index >= 15 is 0 Å². The van der Waals surface area contributed by atoms with Gasteiger partial charge in [0.1, 0.15) is 6.33 Å². The van der Waals surface area contributed by atoms with E-state index in [0.29, 0.717) is 16.7 Å². The molecule has 7 heteroatoms. The van der Waals surface area contributed by atoms with Gasteiger partial charge < -0.3 is 5.32 Å². The van der Waals surface area contributed by atoms with Crippen LogP contribution >= 0.6 is 23.4 Å². The predicted molar refractivity (Wildman–Crippen MR) is 105 cm³/mol. The molecule has 0 bridgehead atoms. The van der Waals surface area contributed by atoms with Crippen LogP contribution in [0.25, 0.3) is 5.69 Å². The average molecular weight is 387 g/mol. The van der Waals surface area contributed by atoms with Gasteiger partial charge in [0, 0.05) is 11.6 Å². The van der Waals surface area contributed by atoms with E-state index in [2.05, 4.69) is 28.5 Å². The molecule has 0 radical (unpaired) electrons. The summed E-state index contributed by atoms with van der Waals surface area (Å²) in [5.41, 5.74) is 3.26. The van der Waals surface area contributed by atoms with Crippen molar-refractivity contribution in [2.24, 2.45) is 0 Å². The third kappa shape index (κ3) is 4.65. The molecule has 0 saturated carbocycles. The smallest absolute Gasteiger partial charge is 0.230 e. The fraction of sp³-hybridized carbons (Fsp3) is 0.211. The van der Waals surface area contributed by atoms with Gasteiger partial charge in [-0.2, -0.15) is 0 Å². The van der Waals surface area contributed by atoms with E-state index in [0.717, 1.165) is 17.7 Å². The molecule has 26 heavy (non-hydrogen) atoms. The van der Waals surface area contributed by atoms with E-state index in [4.69, 9.17) is 11.6 Å². The Morgan fingerprint density at radius 1 is 1.19 bits per heavy atom. The molecule has 0 saturated heterocycles. The monoisotopic (exact) mass is 386 g/mol. The maximum Gasteiger partial charge on any atom is 0.230 e. The van der Waals surface area contributed by atoms with E-state index in [9.17, 15) is 4.79 Å². The van der Waals surface area contributed by atoms with Crippen molar-refractivity contribution >= 4 is 29.3 Å². The lowest BCUT2D eigenvalue weighted by atomic mass is 10.1. The molecule has 1 amide bonds. The van der Waals surface area contributed by atoms with Crippen LogP contribution in [0.2, 0.25) is 5.02 Å². The SMILES string of the molecule is CCc1ccccc1-n1cnnc1SCC(=O)NCc1ccc(Cl)cc1. The van der Waals surface area contributed by atoms with Crippen molar-refractivity contribution in [2.75, 3.05) is 5.75 Å². The lowest BCUT2D eigenvalue weighted by Crippen LogP contribution is -2.24. The van der Waals surface area contributed by atoms with E-state index < -0.39 is 0 Å². The summed E-state index contributed by atoms with van der Waals surface area (Å²) in [4.78, 5) is 12.1. The van der Waals surface area contributed by atoms with E-state index in [1.807, 2.05) is 47.0 Å². The molecular weight excluding hydrogens is 368 g/mol. The van der Waals surface area contributed by atoms with Gasteiger partial charge in [-0.05, 0) is 35.7 Å². The molecule has 0 aliphatic rings. The molecule has 134 valence electrons. The Balaban J connectivity index is 1.59. The van der Waals surface area contributed by atoms with Crippen LogP contribution in [0.3, 0.4) is 0 Å². The minimum Gasteiger partial charge on any atom is -0.351 e. The second-order valence-electron chi connectivity index (χ2n) is 5.66. The van der Waals surface area contributed by atoms with Crippen LogP contribution in [0.1, 0.15) is 18.1 Å². The van der Waals surface area contributed by atoms with Crippen molar-refractivity contribution in [3.8, 4) is 5.69 Å². The molecule has 1 aromatic heterocycles. The van der Waals surface area contributed by atoms with Gasteiger partial charge in [-0.25, -0.2) is 0 Å². The van der Waals surface area contributed by atoms with E-state index in [1.54, 1.807) is 6.33 Å². The van der Waals surface area contributed by atoms with Gasteiger partial charge in [-0.15, -0.1) is 10.2 Å². The van der Waals surface area contributed by atoms with Crippen molar-refractivity contribution < 1.29 is 4.79 Å². The summed E-state index contributed by atoms with van der Waals surface area (Å²) >= 11 is 7.23. The number of hydrogen-bond acceptors (Lipinski definition) is 4. The summed E-state index contributed by atoms with van der Waals surface area (Å²) in [6, 6.07) is 15.5. The third-order valence-corrected chi connectivity index (χ3v) is 5.08. The van der Waals surface area contributed by atoms with Crippen molar-refractivity contribution in [1.29, 1.82) is 0 Å². The van der Waals surface area contributed by atoms with Crippen LogP contribution in [-0.2, 0) is 17.8 Å². The van der Waals surface area contributed by atoms with Gasteiger partial charge in [0.05, 0.1) is 11.4 Å². The highest BCUT2D eigenvalue weighted by atomic mass is 35.5. The summed E-state index contributed by atoms with van der Waals surface area (Å²) < 4.78 is 1.93. The van der Waals surface area contributed by atoms with E-state index in [1.165, 1.54) is 17.3 Å². The zero-order valence-electron chi connectivity index (χ0n) is 14.4. The minimum atomic E-state index is -0.0525. The second kappa shape index (κ2) is 8.87. The topological polar surface area (TPSA) is 59.8 Å². The largest absolute Gasteiger partial charge is 0.351 e. The third-order valence-electron chi connectivity index (χ3n) is 3.88. The number of aryl methyl sites for hydroxylation is 1. The number of carbonyl (C=O) groups excluding carboxylic acids is 1. The zero-order chi connectivity index (χ0) is 18.4. The normalized spacial score (nSPS) is 10.7. The number of hydrogen-bond donors (Lipinski definition) is 1. The van der Waals surface area contributed by atoms with Gasteiger partial charge in [0.2, 0.25) is 5.91 Å². The fourth-order valence-corrected chi connectivity index (χ4v) is 3.39. The molecule has 3 rings (SSSR count). The highest BCUT2D eigenvalue weighted by Gasteiger charge is 2.12. The molecule has 5 nitrogen and oxygen atoms in total. The van der Waals surface area contributed by atoms with Crippen LogP contribution in [0, 0.1) is 0 Å². The number of para-hydroxylation sites is 1. The van der Waals surface area contributed by atoms with Crippen molar-refractivity contribution in [1.82, 2.24) is 20.1 Å². The minimum absolute atomic E-state index is 0.0525. The molecule has 0 spiro atoms. The van der Waals surface area contributed by atoms with Gasteiger partial charge in [-0.3, -0.25) is 9.36 Å². The first-order chi connectivity index (χ1) is 12.7. The molecule has 1 heterocycles. The first kappa shape index (κ1) is 18.5. The average Bonchev–Trinajstić information content (AvgIpc) is 3.14. The highest BCUT2D eigenvalue weighted by molar-refractivity contribution is 7.99. The number of carbonyl (C=O) groups is 1. The predicted octanol–water partition coefficient (Wildman–Crippen LogP) is 3.89. The summed E-state index contributed by atoms with van der Waals surface area (Å²) in [5.74, 6) is 0.226.